The number of hydrogen-bond donors (Lipinski definition) is 1. The highest BCUT2D eigenvalue weighted by atomic mass is 79.9. The van der Waals surface area contributed by atoms with E-state index < -0.39 is 0 Å². The van der Waals surface area contributed by atoms with Crippen molar-refractivity contribution in [1.29, 1.82) is 5.26 Å². The minimum absolute atomic E-state index is 0.0909. The maximum Gasteiger partial charge on any atom is 0.126 e. The van der Waals surface area contributed by atoms with Gasteiger partial charge in [0.25, 0.3) is 0 Å². The summed E-state index contributed by atoms with van der Waals surface area (Å²) in [6.07, 6.45) is 0.689. The number of nitrogens with one attached hydrogen (secondary N) is 1. The first kappa shape index (κ1) is 17.7. The Morgan fingerprint density at radius 1 is 1.12 bits per heavy atom. The molecule has 26 heavy (non-hydrogen) atoms. The molecule has 2 unspecified atom stereocenters. The number of ether oxygens (including phenoxy) is 1. The molecular formula is C21H22BrN3O. The molecule has 0 aliphatic carbocycles. The van der Waals surface area contributed by atoms with Gasteiger partial charge in [0, 0.05) is 12.6 Å². The Kier molecular flexibility index (Phi) is 5.37. The van der Waals surface area contributed by atoms with Gasteiger partial charge in [-0.1, -0.05) is 76.6 Å². The molecule has 0 radical (unpaired) electrons. The van der Waals surface area contributed by atoms with Gasteiger partial charge in [0.1, 0.15) is 12.3 Å². The molecule has 2 aromatic rings. The molecule has 0 amide bonds. The summed E-state index contributed by atoms with van der Waals surface area (Å²) in [5.41, 5.74) is 2.46. The second-order valence-electron chi connectivity index (χ2n) is 6.90. The summed E-state index contributed by atoms with van der Waals surface area (Å²) in [7, 11) is 0. The van der Waals surface area contributed by atoms with Gasteiger partial charge in [-0.25, -0.2) is 0 Å². The van der Waals surface area contributed by atoms with Gasteiger partial charge in [-0.2, -0.15) is 5.26 Å². The molecule has 2 aliphatic heterocycles. The molecule has 2 aliphatic rings. The molecule has 0 spiro atoms. The molecule has 5 heteroatoms. The van der Waals surface area contributed by atoms with Crippen molar-refractivity contribution in [3.05, 3.63) is 71.8 Å². The molecule has 0 saturated carbocycles. The predicted octanol–water partition coefficient (Wildman–Crippen LogP) is 3.60. The molecule has 4 nitrogen and oxygen atoms in total. The van der Waals surface area contributed by atoms with Crippen LogP contribution in [0.25, 0.3) is 0 Å². The summed E-state index contributed by atoms with van der Waals surface area (Å²) in [5, 5.41) is 13.4. The molecule has 2 aromatic carbocycles. The highest BCUT2D eigenvalue weighted by molar-refractivity contribution is 9.09. The first-order chi connectivity index (χ1) is 12.8. The summed E-state index contributed by atoms with van der Waals surface area (Å²) in [4.78, 5) is 2.39. The van der Waals surface area contributed by atoms with E-state index in [2.05, 4.69) is 56.5 Å². The monoisotopic (exact) mass is 411 g/mol. The van der Waals surface area contributed by atoms with Gasteiger partial charge in [-0.05, 0) is 17.5 Å². The van der Waals surface area contributed by atoms with Crippen molar-refractivity contribution in [2.75, 3.05) is 6.61 Å². The van der Waals surface area contributed by atoms with Crippen LogP contribution in [-0.2, 0) is 11.3 Å². The quantitative estimate of drug-likeness (QED) is 0.780. The fraction of sp³-hybridized carbons (Fsp3) is 0.381. The lowest BCUT2D eigenvalue weighted by molar-refractivity contribution is -0.0164. The third-order valence-corrected chi connectivity index (χ3v) is 6.41. The maximum absolute atomic E-state index is 9.80. The average Bonchev–Trinajstić information content (AvgIpc) is 3.15. The van der Waals surface area contributed by atoms with E-state index in [-0.39, 0.29) is 29.2 Å². The molecule has 4 rings (SSSR count). The molecule has 2 saturated heterocycles. The number of piperidine rings is 1. The smallest absolute Gasteiger partial charge is 0.126 e. The lowest BCUT2D eigenvalue weighted by Crippen LogP contribution is -2.58. The van der Waals surface area contributed by atoms with Crippen LogP contribution in [0.5, 0.6) is 0 Å². The minimum atomic E-state index is -0.158. The standard InChI is InChI=1S/C21H22BrN3O/c22-20-18(24-13-15-7-3-1-4-8-15)11-17(12-23)25-19(14-26-21(20)25)16-9-5-2-6-10-16/h1-10,17-21,24H,11,13-14H2/t17-,18-,19-,20?,21?/m0/s1. The lowest BCUT2D eigenvalue weighted by Gasteiger charge is -2.43. The van der Waals surface area contributed by atoms with Crippen LogP contribution >= 0.6 is 15.9 Å². The Morgan fingerprint density at radius 2 is 1.81 bits per heavy atom. The van der Waals surface area contributed by atoms with Gasteiger partial charge in [0.05, 0.1) is 23.5 Å². The van der Waals surface area contributed by atoms with E-state index in [1.165, 1.54) is 11.1 Å². The third-order valence-electron chi connectivity index (χ3n) is 5.32. The van der Waals surface area contributed by atoms with E-state index in [0.717, 1.165) is 13.0 Å². The second-order valence-corrected chi connectivity index (χ2v) is 7.95. The van der Waals surface area contributed by atoms with Crippen LogP contribution in [-0.4, -0.2) is 34.6 Å². The van der Waals surface area contributed by atoms with E-state index >= 15 is 0 Å². The zero-order valence-corrected chi connectivity index (χ0v) is 16.0. The Balaban J connectivity index is 1.50. The number of halogens is 1. The van der Waals surface area contributed by atoms with Crippen molar-refractivity contribution in [2.24, 2.45) is 0 Å². The van der Waals surface area contributed by atoms with E-state index in [9.17, 15) is 5.26 Å². The number of rotatable bonds is 4. The fourth-order valence-corrected chi connectivity index (χ4v) is 4.81. The summed E-state index contributed by atoms with van der Waals surface area (Å²) < 4.78 is 6.14. The first-order valence-corrected chi connectivity index (χ1v) is 9.94. The number of hydrogen-bond acceptors (Lipinski definition) is 4. The van der Waals surface area contributed by atoms with Crippen LogP contribution in [0.4, 0.5) is 0 Å². The number of nitriles is 1. The molecule has 2 heterocycles. The molecule has 0 bridgehead atoms. The number of fused-ring (bicyclic) bond motifs is 1. The van der Waals surface area contributed by atoms with Crippen molar-refractivity contribution in [1.82, 2.24) is 10.2 Å². The van der Waals surface area contributed by atoms with Crippen molar-refractivity contribution >= 4 is 15.9 Å². The van der Waals surface area contributed by atoms with Crippen LogP contribution in [0, 0.1) is 11.3 Å². The van der Waals surface area contributed by atoms with Gasteiger partial charge < -0.3 is 10.1 Å². The van der Waals surface area contributed by atoms with Crippen LogP contribution in [0.1, 0.15) is 23.6 Å². The Labute approximate surface area is 162 Å². The number of alkyl halides is 1. The normalized spacial score (nSPS) is 31.3. The van der Waals surface area contributed by atoms with Crippen molar-refractivity contribution in [2.45, 2.75) is 42.1 Å². The van der Waals surface area contributed by atoms with Gasteiger partial charge in [0.2, 0.25) is 0 Å². The largest absolute Gasteiger partial charge is 0.360 e. The number of benzene rings is 2. The summed E-state index contributed by atoms with van der Waals surface area (Å²) in [6.45, 7) is 1.42. The van der Waals surface area contributed by atoms with Crippen LogP contribution in [0.3, 0.4) is 0 Å². The van der Waals surface area contributed by atoms with Crippen LogP contribution in [0.15, 0.2) is 60.7 Å². The second kappa shape index (κ2) is 7.89. The van der Waals surface area contributed by atoms with E-state index in [4.69, 9.17) is 4.74 Å². The molecule has 134 valence electrons. The van der Waals surface area contributed by atoms with Crippen molar-refractivity contribution in [3.8, 4) is 6.07 Å². The highest BCUT2D eigenvalue weighted by Gasteiger charge is 2.49. The molecule has 1 N–H and O–H groups in total. The van der Waals surface area contributed by atoms with Gasteiger partial charge in [-0.3, -0.25) is 4.90 Å². The van der Waals surface area contributed by atoms with Gasteiger partial charge in [0.15, 0.2) is 0 Å². The van der Waals surface area contributed by atoms with Gasteiger partial charge >= 0.3 is 0 Å². The SMILES string of the molecule is N#C[C@@H]1C[C@H](NCc2ccccc2)C(Br)C2OC[C@@H](c3ccccc3)N21. The minimum Gasteiger partial charge on any atom is -0.360 e. The Hall–Kier alpha value is -1.71. The Morgan fingerprint density at radius 3 is 2.50 bits per heavy atom. The maximum atomic E-state index is 9.80. The predicted molar refractivity (Wildman–Crippen MR) is 105 cm³/mol. The average molecular weight is 412 g/mol. The highest BCUT2D eigenvalue weighted by Crippen LogP contribution is 2.41. The van der Waals surface area contributed by atoms with E-state index in [1.807, 2.05) is 36.4 Å². The molecule has 5 atom stereocenters. The van der Waals surface area contributed by atoms with E-state index in [1.54, 1.807) is 0 Å². The van der Waals surface area contributed by atoms with E-state index in [0.29, 0.717) is 6.61 Å². The molecule has 2 fully saturated rings. The third kappa shape index (κ3) is 3.43. The zero-order chi connectivity index (χ0) is 17.9. The van der Waals surface area contributed by atoms with Crippen molar-refractivity contribution in [3.63, 3.8) is 0 Å². The number of nitrogens with zero attached hydrogens (tertiary/aromatic N) is 2. The summed E-state index contributed by atoms with van der Waals surface area (Å²) in [6, 6.07) is 23.4. The van der Waals surface area contributed by atoms with Crippen LogP contribution in [0.2, 0.25) is 0 Å². The first-order valence-electron chi connectivity index (χ1n) is 9.03. The summed E-state index contributed by atoms with van der Waals surface area (Å²) >= 11 is 3.85. The topological polar surface area (TPSA) is 48.3 Å². The van der Waals surface area contributed by atoms with Crippen LogP contribution < -0.4 is 5.32 Å². The fourth-order valence-electron chi connectivity index (χ4n) is 3.98. The lowest BCUT2D eigenvalue weighted by atomic mass is 9.93. The van der Waals surface area contributed by atoms with Gasteiger partial charge in [-0.15, -0.1) is 0 Å². The zero-order valence-electron chi connectivity index (χ0n) is 14.5. The van der Waals surface area contributed by atoms with Crippen molar-refractivity contribution < 1.29 is 4.74 Å². The summed E-state index contributed by atoms with van der Waals surface area (Å²) in [5.74, 6) is 0. The Bertz CT molecular complexity index is 764. The molecular weight excluding hydrogens is 390 g/mol. The molecule has 0 aromatic heterocycles.